The predicted molar refractivity (Wildman–Crippen MR) is 65.5 cm³/mol. The molecule has 0 saturated carbocycles. The highest BCUT2D eigenvalue weighted by Crippen LogP contribution is 2.23. The van der Waals surface area contributed by atoms with Gasteiger partial charge in [-0.3, -0.25) is 4.79 Å². The summed E-state index contributed by atoms with van der Waals surface area (Å²) in [6, 6.07) is 3.76. The van der Waals surface area contributed by atoms with Gasteiger partial charge in [0.1, 0.15) is 11.4 Å². The number of carbonyl (C=O) groups excluding carboxylic acids is 1. The molecule has 0 aliphatic carbocycles. The molecule has 2 atom stereocenters. The van der Waals surface area contributed by atoms with Crippen LogP contribution < -0.4 is 5.32 Å². The van der Waals surface area contributed by atoms with Crippen LogP contribution in [0.3, 0.4) is 0 Å². The highest BCUT2D eigenvalue weighted by atomic mass is 19.1. The van der Waals surface area contributed by atoms with Gasteiger partial charge < -0.3 is 15.2 Å². The molecule has 1 amide bonds. The fraction of sp³-hybridized carbons (Fsp3) is 0.385. The van der Waals surface area contributed by atoms with Crippen molar-refractivity contribution in [1.29, 1.82) is 0 Å². The Morgan fingerprint density at radius 3 is 2.79 bits per heavy atom. The SMILES string of the molecule is CC1CC(C(=O)Nc2cccc(F)c2C(=O)O)CO1. The molecule has 1 fully saturated rings. The third kappa shape index (κ3) is 2.90. The summed E-state index contributed by atoms with van der Waals surface area (Å²) in [5.41, 5.74) is -0.556. The van der Waals surface area contributed by atoms with E-state index >= 15 is 0 Å². The Labute approximate surface area is 109 Å². The van der Waals surface area contributed by atoms with Gasteiger partial charge in [-0.2, -0.15) is 0 Å². The number of carbonyl (C=O) groups is 2. The zero-order valence-corrected chi connectivity index (χ0v) is 10.4. The number of anilines is 1. The van der Waals surface area contributed by atoms with Gasteiger partial charge in [-0.05, 0) is 25.5 Å². The maximum absolute atomic E-state index is 13.4. The molecular weight excluding hydrogens is 253 g/mol. The molecule has 2 unspecified atom stereocenters. The number of hydrogen-bond donors (Lipinski definition) is 2. The van der Waals surface area contributed by atoms with Gasteiger partial charge in [-0.25, -0.2) is 9.18 Å². The molecule has 0 bridgehead atoms. The fourth-order valence-electron chi connectivity index (χ4n) is 2.08. The Balaban J connectivity index is 2.17. The van der Waals surface area contributed by atoms with Crippen molar-refractivity contribution in [3.05, 3.63) is 29.6 Å². The van der Waals surface area contributed by atoms with Crippen molar-refractivity contribution in [2.75, 3.05) is 11.9 Å². The van der Waals surface area contributed by atoms with Crippen LogP contribution >= 0.6 is 0 Å². The Kier molecular flexibility index (Phi) is 3.80. The van der Waals surface area contributed by atoms with E-state index in [4.69, 9.17) is 9.84 Å². The number of carboxylic acids is 1. The summed E-state index contributed by atoms with van der Waals surface area (Å²) >= 11 is 0. The molecule has 1 aromatic rings. The molecule has 19 heavy (non-hydrogen) atoms. The Morgan fingerprint density at radius 1 is 1.47 bits per heavy atom. The van der Waals surface area contributed by atoms with E-state index in [1.807, 2.05) is 6.92 Å². The lowest BCUT2D eigenvalue weighted by molar-refractivity contribution is -0.119. The standard InChI is InChI=1S/C13H14FNO4/c1-7-5-8(6-19-7)12(16)15-10-4-2-3-9(14)11(10)13(17)18/h2-4,7-8H,5-6H2,1H3,(H,15,16)(H,17,18). The van der Waals surface area contributed by atoms with Crippen molar-refractivity contribution >= 4 is 17.6 Å². The van der Waals surface area contributed by atoms with Gasteiger partial charge in [0, 0.05) is 0 Å². The van der Waals surface area contributed by atoms with Crippen LogP contribution in [0.4, 0.5) is 10.1 Å². The van der Waals surface area contributed by atoms with E-state index in [1.165, 1.54) is 12.1 Å². The van der Waals surface area contributed by atoms with Gasteiger partial charge >= 0.3 is 5.97 Å². The number of nitrogens with one attached hydrogen (secondary N) is 1. The van der Waals surface area contributed by atoms with Crippen LogP contribution in [-0.2, 0) is 9.53 Å². The summed E-state index contributed by atoms with van der Waals surface area (Å²) in [5.74, 6) is -2.97. The van der Waals surface area contributed by atoms with Crippen LogP contribution in [0.1, 0.15) is 23.7 Å². The Bertz CT molecular complexity index is 517. The first kappa shape index (κ1) is 13.5. The van der Waals surface area contributed by atoms with Crippen LogP contribution in [0.25, 0.3) is 0 Å². The second-order valence-electron chi connectivity index (χ2n) is 4.53. The molecular formula is C13H14FNO4. The summed E-state index contributed by atoms with van der Waals surface area (Å²) in [4.78, 5) is 22.9. The van der Waals surface area contributed by atoms with Crippen molar-refractivity contribution in [3.8, 4) is 0 Å². The lowest BCUT2D eigenvalue weighted by Crippen LogP contribution is -2.24. The summed E-state index contributed by atoms with van der Waals surface area (Å²) < 4.78 is 18.7. The van der Waals surface area contributed by atoms with Crippen LogP contribution in [0.15, 0.2) is 18.2 Å². The van der Waals surface area contributed by atoms with Crippen molar-refractivity contribution in [3.63, 3.8) is 0 Å². The van der Waals surface area contributed by atoms with Gasteiger partial charge in [-0.15, -0.1) is 0 Å². The van der Waals surface area contributed by atoms with Crippen LogP contribution in [0.2, 0.25) is 0 Å². The predicted octanol–water partition coefficient (Wildman–Crippen LogP) is 1.89. The van der Waals surface area contributed by atoms with Crippen molar-refractivity contribution in [1.82, 2.24) is 0 Å². The maximum atomic E-state index is 13.4. The number of amides is 1. The topological polar surface area (TPSA) is 75.6 Å². The van der Waals surface area contributed by atoms with Crippen molar-refractivity contribution in [2.24, 2.45) is 5.92 Å². The minimum atomic E-state index is -1.41. The molecule has 1 aliphatic heterocycles. The van der Waals surface area contributed by atoms with Crippen molar-refractivity contribution < 1.29 is 23.8 Å². The molecule has 0 aromatic heterocycles. The number of halogens is 1. The minimum absolute atomic E-state index is 0.00204. The molecule has 1 saturated heterocycles. The summed E-state index contributed by atoms with van der Waals surface area (Å²) in [6.07, 6.45) is 0.575. The second kappa shape index (κ2) is 5.36. The van der Waals surface area contributed by atoms with E-state index in [9.17, 15) is 14.0 Å². The zero-order valence-electron chi connectivity index (χ0n) is 10.4. The first-order valence-corrected chi connectivity index (χ1v) is 5.93. The first-order chi connectivity index (χ1) is 8.99. The number of carboxylic acid groups (broad SMARTS) is 1. The van der Waals surface area contributed by atoms with E-state index in [1.54, 1.807) is 0 Å². The zero-order chi connectivity index (χ0) is 14.0. The van der Waals surface area contributed by atoms with Gasteiger partial charge in [0.15, 0.2) is 0 Å². The molecule has 2 N–H and O–H groups in total. The molecule has 1 aromatic carbocycles. The highest BCUT2D eigenvalue weighted by Gasteiger charge is 2.29. The average Bonchev–Trinajstić information content (AvgIpc) is 2.75. The van der Waals surface area contributed by atoms with Crippen LogP contribution in [0.5, 0.6) is 0 Å². The third-order valence-corrected chi connectivity index (χ3v) is 3.05. The van der Waals surface area contributed by atoms with E-state index in [0.29, 0.717) is 13.0 Å². The van der Waals surface area contributed by atoms with Crippen LogP contribution in [-0.4, -0.2) is 29.7 Å². The Hall–Kier alpha value is -1.95. The fourth-order valence-corrected chi connectivity index (χ4v) is 2.08. The lowest BCUT2D eigenvalue weighted by Gasteiger charge is -2.12. The smallest absolute Gasteiger partial charge is 0.340 e. The lowest BCUT2D eigenvalue weighted by atomic mass is 10.0. The number of benzene rings is 1. The highest BCUT2D eigenvalue weighted by molar-refractivity contribution is 6.01. The number of rotatable bonds is 3. The van der Waals surface area contributed by atoms with Gasteiger partial charge in [-0.1, -0.05) is 6.07 Å². The third-order valence-electron chi connectivity index (χ3n) is 3.05. The van der Waals surface area contributed by atoms with E-state index in [2.05, 4.69) is 5.32 Å². The molecule has 1 heterocycles. The number of ether oxygens (including phenoxy) is 1. The molecule has 2 rings (SSSR count). The maximum Gasteiger partial charge on any atom is 0.340 e. The second-order valence-corrected chi connectivity index (χ2v) is 4.53. The first-order valence-electron chi connectivity index (χ1n) is 5.93. The summed E-state index contributed by atoms with van der Waals surface area (Å²) in [6.45, 7) is 2.16. The van der Waals surface area contributed by atoms with Gasteiger partial charge in [0.05, 0.1) is 24.3 Å². The van der Waals surface area contributed by atoms with E-state index < -0.39 is 17.3 Å². The van der Waals surface area contributed by atoms with E-state index in [0.717, 1.165) is 6.07 Å². The monoisotopic (exact) mass is 267 g/mol. The molecule has 6 heteroatoms. The summed E-state index contributed by atoms with van der Waals surface area (Å²) in [5, 5.41) is 11.4. The Morgan fingerprint density at radius 2 is 2.21 bits per heavy atom. The summed E-state index contributed by atoms with van der Waals surface area (Å²) in [7, 11) is 0. The molecule has 5 nitrogen and oxygen atoms in total. The van der Waals surface area contributed by atoms with Crippen molar-refractivity contribution in [2.45, 2.75) is 19.4 Å². The van der Waals surface area contributed by atoms with Crippen LogP contribution in [0, 0.1) is 11.7 Å². The molecule has 0 spiro atoms. The minimum Gasteiger partial charge on any atom is -0.478 e. The molecule has 102 valence electrons. The number of aromatic carboxylic acids is 1. The van der Waals surface area contributed by atoms with E-state index in [-0.39, 0.29) is 23.6 Å². The van der Waals surface area contributed by atoms with Gasteiger partial charge in [0.25, 0.3) is 0 Å². The largest absolute Gasteiger partial charge is 0.478 e. The quantitative estimate of drug-likeness (QED) is 0.876. The average molecular weight is 267 g/mol. The normalized spacial score (nSPS) is 22.2. The number of hydrogen-bond acceptors (Lipinski definition) is 3. The molecule has 1 aliphatic rings. The molecule has 0 radical (unpaired) electrons. The van der Waals surface area contributed by atoms with Gasteiger partial charge in [0.2, 0.25) is 5.91 Å².